The van der Waals surface area contributed by atoms with Gasteiger partial charge in [0, 0.05) is 0 Å². The normalized spacial score (nSPS) is 11.1. The van der Waals surface area contributed by atoms with Gasteiger partial charge >= 0.3 is 0 Å². The third-order valence-corrected chi connectivity index (χ3v) is 3.24. The number of benzene rings is 1. The molecule has 0 aliphatic carbocycles. The van der Waals surface area contributed by atoms with Gasteiger partial charge in [-0.3, -0.25) is 0 Å². The van der Waals surface area contributed by atoms with Gasteiger partial charge in [-0.25, -0.2) is 9.97 Å². The molecule has 0 bridgehead atoms. The van der Waals surface area contributed by atoms with Crippen molar-refractivity contribution in [1.82, 2.24) is 40.0 Å². The van der Waals surface area contributed by atoms with Gasteiger partial charge in [0.25, 0.3) is 0 Å². The monoisotopic (exact) mass is 292 g/mol. The van der Waals surface area contributed by atoms with Gasteiger partial charge in [-0.2, -0.15) is 30.0 Å². The van der Waals surface area contributed by atoms with Crippen LogP contribution in [0.5, 0.6) is 0 Å². The first-order valence-electron chi connectivity index (χ1n) is 6.81. The number of aromatic nitrogens is 8. The average Bonchev–Trinajstić information content (AvgIpc) is 3.21. The fraction of sp³-hybridized carbons (Fsp3) is 0.143. The molecule has 0 spiro atoms. The maximum absolute atomic E-state index is 4.70. The van der Waals surface area contributed by atoms with Gasteiger partial charge in [0.15, 0.2) is 0 Å². The predicted octanol–water partition coefficient (Wildman–Crippen LogP) is 0.909. The minimum absolute atomic E-state index is 0.460. The summed E-state index contributed by atoms with van der Waals surface area (Å²) in [5.41, 5.74) is 3.32. The molecule has 8 heteroatoms. The molecule has 0 aliphatic rings. The average molecular weight is 292 g/mol. The van der Waals surface area contributed by atoms with Crippen molar-refractivity contribution >= 4 is 11.0 Å². The fourth-order valence-electron chi connectivity index (χ4n) is 2.24. The van der Waals surface area contributed by atoms with Crippen molar-refractivity contribution in [2.45, 2.75) is 13.1 Å². The molecule has 3 aromatic heterocycles. The van der Waals surface area contributed by atoms with Crippen LogP contribution in [0.2, 0.25) is 0 Å². The molecule has 4 rings (SSSR count). The van der Waals surface area contributed by atoms with Crippen LogP contribution in [0.15, 0.2) is 49.1 Å². The van der Waals surface area contributed by atoms with Crippen LogP contribution in [0.1, 0.15) is 11.4 Å². The molecule has 0 fully saturated rings. The lowest BCUT2D eigenvalue weighted by Gasteiger charge is -2.09. The number of rotatable bonds is 4. The van der Waals surface area contributed by atoms with Crippen LogP contribution in [-0.2, 0) is 13.1 Å². The maximum Gasteiger partial charge on any atom is 0.105 e. The molecule has 0 amide bonds. The smallest absolute Gasteiger partial charge is 0.105 e. The summed E-state index contributed by atoms with van der Waals surface area (Å²) in [6, 6.07) is 7.78. The molecule has 0 radical (unpaired) electrons. The van der Waals surface area contributed by atoms with Crippen LogP contribution >= 0.6 is 0 Å². The van der Waals surface area contributed by atoms with E-state index in [2.05, 4.69) is 20.4 Å². The summed E-state index contributed by atoms with van der Waals surface area (Å²) >= 11 is 0. The highest BCUT2D eigenvalue weighted by Crippen LogP contribution is 2.14. The first kappa shape index (κ1) is 12.6. The van der Waals surface area contributed by atoms with E-state index in [1.165, 1.54) is 0 Å². The van der Waals surface area contributed by atoms with Crippen LogP contribution in [0.3, 0.4) is 0 Å². The molecule has 0 N–H and O–H groups in total. The van der Waals surface area contributed by atoms with Gasteiger partial charge in [-0.05, 0) is 12.1 Å². The topological polar surface area (TPSA) is 87.2 Å². The lowest BCUT2D eigenvalue weighted by Crippen LogP contribution is -2.14. The summed E-state index contributed by atoms with van der Waals surface area (Å²) in [5, 5.41) is 16.5. The number of fused-ring (bicyclic) bond motifs is 1. The molecule has 22 heavy (non-hydrogen) atoms. The Hall–Kier alpha value is -3.16. The zero-order valence-electron chi connectivity index (χ0n) is 11.6. The quantitative estimate of drug-likeness (QED) is 0.555. The summed E-state index contributed by atoms with van der Waals surface area (Å²) in [6.07, 6.45) is 6.57. The summed E-state index contributed by atoms with van der Waals surface area (Å²) < 4.78 is 0. The van der Waals surface area contributed by atoms with Gasteiger partial charge in [-0.1, -0.05) is 12.1 Å². The van der Waals surface area contributed by atoms with Crippen molar-refractivity contribution in [1.29, 1.82) is 0 Å². The van der Waals surface area contributed by atoms with Gasteiger partial charge in [0.05, 0.1) is 47.2 Å². The Morgan fingerprint density at radius 3 is 1.45 bits per heavy atom. The van der Waals surface area contributed by atoms with E-state index >= 15 is 0 Å². The van der Waals surface area contributed by atoms with E-state index in [0.717, 1.165) is 22.4 Å². The summed E-state index contributed by atoms with van der Waals surface area (Å²) in [4.78, 5) is 12.6. The zero-order valence-corrected chi connectivity index (χ0v) is 11.6. The molecule has 0 saturated heterocycles. The van der Waals surface area contributed by atoms with Crippen molar-refractivity contribution in [3.05, 3.63) is 60.4 Å². The van der Waals surface area contributed by atoms with Crippen LogP contribution in [0.4, 0.5) is 0 Å². The minimum Gasteiger partial charge on any atom is -0.247 e. The Morgan fingerprint density at radius 2 is 1.05 bits per heavy atom. The van der Waals surface area contributed by atoms with Gasteiger partial charge in [-0.15, -0.1) is 0 Å². The summed E-state index contributed by atoms with van der Waals surface area (Å²) in [6.45, 7) is 0.920. The summed E-state index contributed by atoms with van der Waals surface area (Å²) in [7, 11) is 0. The van der Waals surface area contributed by atoms with Crippen molar-refractivity contribution < 1.29 is 0 Å². The molecule has 0 saturated carbocycles. The van der Waals surface area contributed by atoms with Crippen LogP contribution in [-0.4, -0.2) is 40.0 Å². The molecular formula is C14H12N8. The third-order valence-electron chi connectivity index (χ3n) is 3.24. The summed E-state index contributed by atoms with van der Waals surface area (Å²) in [5.74, 6) is 0. The first-order chi connectivity index (χ1) is 10.9. The van der Waals surface area contributed by atoms with Gasteiger partial charge in [0.1, 0.15) is 13.1 Å². The van der Waals surface area contributed by atoms with E-state index in [1.807, 2.05) is 24.3 Å². The zero-order chi connectivity index (χ0) is 14.8. The van der Waals surface area contributed by atoms with E-state index in [1.54, 1.807) is 34.4 Å². The Balaban J connectivity index is 1.79. The second-order valence-electron chi connectivity index (χ2n) is 4.72. The highest BCUT2D eigenvalue weighted by molar-refractivity contribution is 5.74. The maximum atomic E-state index is 4.70. The number of nitrogens with zero attached hydrogens (tertiary/aromatic N) is 8. The lowest BCUT2D eigenvalue weighted by molar-refractivity contribution is 0.550. The van der Waals surface area contributed by atoms with E-state index in [0.29, 0.717) is 13.1 Å². The first-order valence-corrected chi connectivity index (χ1v) is 6.81. The molecular weight excluding hydrogens is 280 g/mol. The van der Waals surface area contributed by atoms with Crippen molar-refractivity contribution in [3.63, 3.8) is 0 Å². The van der Waals surface area contributed by atoms with Crippen LogP contribution < -0.4 is 0 Å². The SMILES string of the molecule is c1ccc2nc(Cn3nccn3)c(Cn3nccn3)nc2c1. The van der Waals surface area contributed by atoms with Crippen LogP contribution in [0.25, 0.3) is 11.0 Å². The molecule has 0 unspecified atom stereocenters. The third kappa shape index (κ3) is 2.41. The molecule has 3 heterocycles. The van der Waals surface area contributed by atoms with Gasteiger partial charge in [0.2, 0.25) is 0 Å². The number of hydrogen-bond acceptors (Lipinski definition) is 6. The predicted molar refractivity (Wildman–Crippen MR) is 77.8 cm³/mol. The highest BCUT2D eigenvalue weighted by atomic mass is 15.5. The van der Waals surface area contributed by atoms with E-state index < -0.39 is 0 Å². The molecule has 1 aromatic carbocycles. The number of para-hydroxylation sites is 2. The largest absolute Gasteiger partial charge is 0.247 e. The van der Waals surface area contributed by atoms with E-state index in [4.69, 9.17) is 9.97 Å². The Morgan fingerprint density at radius 1 is 0.636 bits per heavy atom. The molecule has 0 aliphatic heterocycles. The highest BCUT2D eigenvalue weighted by Gasteiger charge is 2.11. The second kappa shape index (κ2) is 5.32. The standard InChI is InChI=1S/C14H12N8/c1-2-4-12-11(3-1)19-13(9-21-15-5-6-16-21)14(20-12)10-22-17-7-8-18-22/h1-8H,9-10H2. The van der Waals surface area contributed by atoms with E-state index in [9.17, 15) is 0 Å². The van der Waals surface area contributed by atoms with Crippen molar-refractivity contribution in [2.75, 3.05) is 0 Å². The fourth-order valence-corrected chi connectivity index (χ4v) is 2.24. The Bertz CT molecular complexity index is 808. The van der Waals surface area contributed by atoms with Crippen molar-refractivity contribution in [3.8, 4) is 0 Å². The lowest BCUT2D eigenvalue weighted by atomic mass is 10.2. The Labute approximate surface area is 125 Å². The van der Waals surface area contributed by atoms with E-state index in [-0.39, 0.29) is 0 Å². The Kier molecular flexibility index (Phi) is 3.04. The molecule has 108 valence electrons. The minimum atomic E-state index is 0.460. The second-order valence-corrected chi connectivity index (χ2v) is 4.72. The number of hydrogen-bond donors (Lipinski definition) is 0. The van der Waals surface area contributed by atoms with Crippen molar-refractivity contribution in [2.24, 2.45) is 0 Å². The molecule has 0 atom stereocenters. The van der Waals surface area contributed by atoms with Crippen LogP contribution in [0, 0.1) is 0 Å². The molecule has 4 aromatic rings. The van der Waals surface area contributed by atoms with Gasteiger partial charge < -0.3 is 0 Å². The molecule has 8 nitrogen and oxygen atoms in total.